The van der Waals surface area contributed by atoms with Gasteiger partial charge in [0.2, 0.25) is 0 Å². The van der Waals surface area contributed by atoms with Crippen molar-refractivity contribution >= 4 is 23.0 Å². The van der Waals surface area contributed by atoms with Crippen molar-refractivity contribution in [2.75, 3.05) is 4.90 Å². The Labute approximate surface area is 188 Å². The summed E-state index contributed by atoms with van der Waals surface area (Å²) in [4.78, 5) is 6.88. The molecule has 0 unspecified atom stereocenters. The standard InChI is InChI=1S/C26H24N4S/c1-18-14-19(2)16-22(15-18)30-25(24(28-26(30)31)23-10-6-7-12-27-23)20-11-13-29(17-20)21-8-4-3-5-9-21/h3-17,24-25H,1-2H3,(H,28,31)/t24-,25-/m0/s1. The van der Waals surface area contributed by atoms with E-state index in [4.69, 9.17) is 12.2 Å². The molecule has 0 spiro atoms. The number of aryl methyl sites for hydroxylation is 2. The lowest BCUT2D eigenvalue weighted by atomic mass is 9.98. The van der Waals surface area contributed by atoms with Gasteiger partial charge in [0.15, 0.2) is 5.11 Å². The number of aromatic nitrogens is 2. The molecule has 4 nitrogen and oxygen atoms in total. The van der Waals surface area contributed by atoms with Gasteiger partial charge in [-0.15, -0.1) is 0 Å². The second kappa shape index (κ2) is 8.00. The first kappa shape index (κ1) is 19.5. The number of pyridine rings is 1. The summed E-state index contributed by atoms with van der Waals surface area (Å²) in [6, 6.07) is 25.1. The summed E-state index contributed by atoms with van der Waals surface area (Å²) in [6.07, 6.45) is 6.15. The minimum Gasteiger partial charge on any atom is -0.351 e. The van der Waals surface area contributed by atoms with Gasteiger partial charge in [0.05, 0.1) is 17.8 Å². The molecule has 2 atom stereocenters. The first-order valence-corrected chi connectivity index (χ1v) is 10.8. The number of para-hydroxylation sites is 1. The molecule has 0 amide bonds. The molecular formula is C26H24N4S. The maximum absolute atomic E-state index is 5.84. The van der Waals surface area contributed by atoms with E-state index in [0.29, 0.717) is 0 Å². The lowest BCUT2D eigenvalue weighted by molar-refractivity contribution is 0.568. The van der Waals surface area contributed by atoms with Gasteiger partial charge in [-0.2, -0.15) is 0 Å². The zero-order valence-corrected chi connectivity index (χ0v) is 18.4. The number of hydrogen-bond donors (Lipinski definition) is 1. The van der Waals surface area contributed by atoms with E-state index in [1.165, 1.54) is 16.7 Å². The molecule has 1 N–H and O–H groups in total. The first-order chi connectivity index (χ1) is 15.1. The maximum Gasteiger partial charge on any atom is 0.174 e. The molecule has 5 rings (SSSR count). The van der Waals surface area contributed by atoms with E-state index in [9.17, 15) is 0 Å². The highest BCUT2D eigenvalue weighted by atomic mass is 32.1. The largest absolute Gasteiger partial charge is 0.351 e. The Kier molecular flexibility index (Phi) is 5.04. The van der Waals surface area contributed by atoms with Crippen LogP contribution in [0.3, 0.4) is 0 Å². The summed E-state index contributed by atoms with van der Waals surface area (Å²) in [5.74, 6) is 0. The monoisotopic (exact) mass is 424 g/mol. The quantitative estimate of drug-likeness (QED) is 0.428. The van der Waals surface area contributed by atoms with E-state index in [-0.39, 0.29) is 12.1 Å². The number of nitrogens with one attached hydrogen (secondary N) is 1. The van der Waals surface area contributed by atoms with Crippen LogP contribution < -0.4 is 10.2 Å². The van der Waals surface area contributed by atoms with Gasteiger partial charge in [0.25, 0.3) is 0 Å². The van der Waals surface area contributed by atoms with Crippen LogP contribution in [0, 0.1) is 13.8 Å². The number of hydrogen-bond acceptors (Lipinski definition) is 2. The third-order valence-electron chi connectivity index (χ3n) is 5.69. The second-order valence-electron chi connectivity index (χ2n) is 8.03. The number of nitrogens with zero attached hydrogens (tertiary/aromatic N) is 3. The third kappa shape index (κ3) is 3.73. The first-order valence-electron chi connectivity index (χ1n) is 10.4. The summed E-state index contributed by atoms with van der Waals surface area (Å²) in [5.41, 5.74) is 6.85. The van der Waals surface area contributed by atoms with Crippen molar-refractivity contribution < 1.29 is 0 Å². The summed E-state index contributed by atoms with van der Waals surface area (Å²) in [5, 5.41) is 4.26. The zero-order chi connectivity index (χ0) is 21.4. The Balaban J connectivity index is 1.62. The molecule has 1 fully saturated rings. The molecule has 2 aromatic carbocycles. The Bertz CT molecular complexity index is 1200. The van der Waals surface area contributed by atoms with Crippen LogP contribution in [-0.4, -0.2) is 14.7 Å². The molecule has 0 saturated carbocycles. The van der Waals surface area contributed by atoms with Crippen LogP contribution >= 0.6 is 12.2 Å². The highest BCUT2D eigenvalue weighted by Gasteiger charge is 2.41. The maximum atomic E-state index is 5.84. The average Bonchev–Trinajstić information content (AvgIpc) is 3.39. The number of benzene rings is 2. The SMILES string of the molecule is Cc1cc(C)cc(N2C(=S)N[C@@H](c3ccccn3)[C@@H]2c2ccn(-c3ccccc3)c2)c1. The Morgan fingerprint density at radius 3 is 2.32 bits per heavy atom. The lowest BCUT2D eigenvalue weighted by Crippen LogP contribution is -2.29. The van der Waals surface area contributed by atoms with Crippen LogP contribution in [0.4, 0.5) is 5.69 Å². The van der Waals surface area contributed by atoms with Crippen molar-refractivity contribution in [3.05, 3.63) is 114 Å². The molecule has 0 aliphatic carbocycles. The Morgan fingerprint density at radius 1 is 0.871 bits per heavy atom. The highest BCUT2D eigenvalue weighted by molar-refractivity contribution is 7.80. The number of thiocarbonyl (C=S) groups is 1. The Hall–Kier alpha value is -3.44. The summed E-state index contributed by atoms with van der Waals surface area (Å²) in [6.45, 7) is 4.25. The van der Waals surface area contributed by atoms with Crippen molar-refractivity contribution in [2.24, 2.45) is 0 Å². The predicted octanol–water partition coefficient (Wildman–Crippen LogP) is 5.67. The molecule has 0 bridgehead atoms. The summed E-state index contributed by atoms with van der Waals surface area (Å²) in [7, 11) is 0. The van der Waals surface area contributed by atoms with Crippen LogP contribution in [0.1, 0.15) is 34.5 Å². The molecule has 31 heavy (non-hydrogen) atoms. The fourth-order valence-corrected chi connectivity index (χ4v) is 4.76. The fraction of sp³-hybridized carbons (Fsp3) is 0.154. The van der Waals surface area contributed by atoms with Gasteiger partial charge < -0.3 is 14.8 Å². The molecule has 0 radical (unpaired) electrons. The molecule has 3 heterocycles. The van der Waals surface area contributed by atoms with Crippen molar-refractivity contribution in [1.82, 2.24) is 14.9 Å². The molecule has 2 aromatic heterocycles. The van der Waals surface area contributed by atoms with Gasteiger partial charge in [-0.3, -0.25) is 4.98 Å². The molecule has 5 heteroatoms. The number of rotatable bonds is 4. The van der Waals surface area contributed by atoms with Crippen molar-refractivity contribution in [2.45, 2.75) is 25.9 Å². The van der Waals surface area contributed by atoms with Crippen LogP contribution in [0.15, 0.2) is 91.4 Å². The molecule has 4 aromatic rings. The number of anilines is 1. The average molecular weight is 425 g/mol. The van der Waals surface area contributed by atoms with E-state index < -0.39 is 0 Å². The zero-order valence-electron chi connectivity index (χ0n) is 17.6. The van der Waals surface area contributed by atoms with Crippen molar-refractivity contribution in [3.63, 3.8) is 0 Å². The van der Waals surface area contributed by atoms with Gasteiger partial charge >= 0.3 is 0 Å². The van der Waals surface area contributed by atoms with Crippen LogP contribution in [-0.2, 0) is 0 Å². The van der Waals surface area contributed by atoms with Gasteiger partial charge in [0.1, 0.15) is 0 Å². The third-order valence-corrected chi connectivity index (χ3v) is 6.01. The topological polar surface area (TPSA) is 33.1 Å². The van der Waals surface area contributed by atoms with Crippen molar-refractivity contribution in [1.29, 1.82) is 0 Å². The van der Waals surface area contributed by atoms with Crippen LogP contribution in [0.2, 0.25) is 0 Å². The van der Waals surface area contributed by atoms with Crippen LogP contribution in [0.25, 0.3) is 5.69 Å². The minimum absolute atomic E-state index is 0.00596. The van der Waals surface area contributed by atoms with E-state index >= 15 is 0 Å². The normalized spacial score (nSPS) is 18.3. The summed E-state index contributed by atoms with van der Waals surface area (Å²) >= 11 is 5.84. The van der Waals surface area contributed by atoms with Gasteiger partial charge in [-0.1, -0.05) is 30.3 Å². The van der Waals surface area contributed by atoms with E-state index in [2.05, 4.69) is 101 Å². The minimum atomic E-state index is -0.0406. The highest BCUT2D eigenvalue weighted by Crippen LogP contribution is 2.42. The molecule has 1 aliphatic heterocycles. The predicted molar refractivity (Wildman–Crippen MR) is 130 cm³/mol. The molecule has 1 aliphatic rings. The van der Waals surface area contributed by atoms with Crippen molar-refractivity contribution in [3.8, 4) is 5.69 Å². The van der Waals surface area contributed by atoms with E-state index in [1.807, 2.05) is 24.4 Å². The summed E-state index contributed by atoms with van der Waals surface area (Å²) < 4.78 is 2.16. The lowest BCUT2D eigenvalue weighted by Gasteiger charge is -2.28. The van der Waals surface area contributed by atoms with Crippen LogP contribution in [0.5, 0.6) is 0 Å². The smallest absolute Gasteiger partial charge is 0.174 e. The van der Waals surface area contributed by atoms with Gasteiger partial charge in [-0.05, 0) is 85.2 Å². The van der Waals surface area contributed by atoms with Gasteiger partial charge in [0, 0.05) is 30.0 Å². The molecule has 154 valence electrons. The fourth-order valence-electron chi connectivity index (χ4n) is 4.41. The second-order valence-corrected chi connectivity index (χ2v) is 8.42. The van der Waals surface area contributed by atoms with E-state index in [0.717, 1.165) is 22.2 Å². The molecular weight excluding hydrogens is 400 g/mol. The van der Waals surface area contributed by atoms with Gasteiger partial charge in [-0.25, -0.2) is 0 Å². The molecule has 1 saturated heterocycles. The van der Waals surface area contributed by atoms with E-state index in [1.54, 1.807) is 0 Å². The Morgan fingerprint density at radius 2 is 1.61 bits per heavy atom.